The van der Waals surface area contributed by atoms with Gasteiger partial charge in [0.1, 0.15) is 0 Å². The molecule has 1 fully saturated rings. The van der Waals surface area contributed by atoms with Crippen LogP contribution in [0.2, 0.25) is 0 Å². The molecule has 0 bridgehead atoms. The van der Waals surface area contributed by atoms with Crippen LogP contribution in [-0.2, 0) is 27.6 Å². The largest absolute Gasteiger partial charge is 0.380 e. The van der Waals surface area contributed by atoms with E-state index in [2.05, 4.69) is 4.72 Å². The first kappa shape index (κ1) is 13.1. The second kappa shape index (κ2) is 5.23. The van der Waals surface area contributed by atoms with Crippen molar-refractivity contribution in [1.29, 1.82) is 0 Å². The molecule has 5 heteroatoms. The third kappa shape index (κ3) is 2.83. The van der Waals surface area contributed by atoms with Crippen LogP contribution in [0, 0.1) is 0 Å². The maximum atomic E-state index is 12.3. The first-order chi connectivity index (χ1) is 9.15. The lowest BCUT2D eigenvalue weighted by Crippen LogP contribution is -2.35. The van der Waals surface area contributed by atoms with E-state index in [4.69, 9.17) is 4.74 Å². The molecule has 0 aromatic heterocycles. The molecule has 1 aromatic carbocycles. The van der Waals surface area contributed by atoms with Crippen molar-refractivity contribution in [2.45, 2.75) is 43.0 Å². The van der Waals surface area contributed by atoms with Gasteiger partial charge in [-0.15, -0.1) is 0 Å². The fraction of sp³-hybridized carbons (Fsp3) is 0.571. The highest BCUT2D eigenvalue weighted by atomic mass is 32.2. The SMILES string of the molecule is O=S(=O)(NC1CCOC1)c1ccc2c(c1)CCCC2. The fourth-order valence-corrected chi connectivity index (χ4v) is 4.10. The van der Waals surface area contributed by atoms with E-state index in [1.54, 1.807) is 6.07 Å². The third-order valence-corrected chi connectivity index (χ3v) is 5.40. The summed E-state index contributed by atoms with van der Waals surface area (Å²) in [5.41, 5.74) is 2.49. The zero-order valence-corrected chi connectivity index (χ0v) is 11.7. The molecule has 1 N–H and O–H groups in total. The average Bonchev–Trinajstić information content (AvgIpc) is 2.90. The Morgan fingerprint density at radius 2 is 1.95 bits per heavy atom. The zero-order chi connectivity index (χ0) is 13.3. The predicted octanol–water partition coefficient (Wildman–Crippen LogP) is 1.63. The van der Waals surface area contributed by atoms with Crippen molar-refractivity contribution in [3.05, 3.63) is 29.3 Å². The van der Waals surface area contributed by atoms with Gasteiger partial charge in [-0.25, -0.2) is 13.1 Å². The molecule has 104 valence electrons. The second-order valence-electron chi connectivity index (χ2n) is 5.32. The lowest BCUT2D eigenvalue weighted by molar-refractivity contribution is 0.192. The molecule has 0 spiro atoms. The highest BCUT2D eigenvalue weighted by Crippen LogP contribution is 2.24. The molecule has 0 amide bonds. The Morgan fingerprint density at radius 3 is 2.68 bits per heavy atom. The summed E-state index contributed by atoms with van der Waals surface area (Å²) in [7, 11) is -3.41. The minimum absolute atomic E-state index is 0.0824. The van der Waals surface area contributed by atoms with Gasteiger partial charge in [-0.05, 0) is 55.4 Å². The van der Waals surface area contributed by atoms with Gasteiger partial charge in [0.05, 0.1) is 11.5 Å². The highest BCUT2D eigenvalue weighted by molar-refractivity contribution is 7.89. The Kier molecular flexibility index (Phi) is 3.60. The summed E-state index contributed by atoms with van der Waals surface area (Å²) in [6, 6.07) is 5.45. The Labute approximate surface area is 114 Å². The van der Waals surface area contributed by atoms with Crippen LogP contribution in [0.25, 0.3) is 0 Å². The van der Waals surface area contributed by atoms with E-state index in [0.29, 0.717) is 18.1 Å². The molecule has 1 aliphatic carbocycles. The first-order valence-corrected chi connectivity index (χ1v) is 8.35. The summed E-state index contributed by atoms with van der Waals surface area (Å²) in [5, 5.41) is 0. The number of aryl methyl sites for hydroxylation is 2. The maximum Gasteiger partial charge on any atom is 0.240 e. The van der Waals surface area contributed by atoms with Crippen LogP contribution in [0.4, 0.5) is 0 Å². The smallest absolute Gasteiger partial charge is 0.240 e. The summed E-state index contributed by atoms with van der Waals surface area (Å²) in [5.74, 6) is 0. The number of nitrogens with one attached hydrogen (secondary N) is 1. The van der Waals surface area contributed by atoms with Crippen molar-refractivity contribution < 1.29 is 13.2 Å². The summed E-state index contributed by atoms with van der Waals surface area (Å²) < 4.78 is 32.5. The lowest BCUT2D eigenvalue weighted by Gasteiger charge is -2.17. The second-order valence-corrected chi connectivity index (χ2v) is 7.03. The molecule has 1 atom stereocenters. The molecular formula is C14H19NO3S. The van der Waals surface area contributed by atoms with Gasteiger partial charge >= 0.3 is 0 Å². The van der Waals surface area contributed by atoms with Gasteiger partial charge in [-0.1, -0.05) is 6.07 Å². The molecule has 1 unspecified atom stereocenters. The number of ether oxygens (including phenoxy) is 1. The Hall–Kier alpha value is -0.910. The van der Waals surface area contributed by atoms with Crippen LogP contribution in [0.15, 0.2) is 23.1 Å². The summed E-state index contributed by atoms with van der Waals surface area (Å²) in [6.45, 7) is 1.11. The van der Waals surface area contributed by atoms with Gasteiger partial charge in [0.25, 0.3) is 0 Å². The molecule has 3 rings (SSSR count). The van der Waals surface area contributed by atoms with E-state index in [9.17, 15) is 8.42 Å². The number of hydrogen-bond acceptors (Lipinski definition) is 3. The van der Waals surface area contributed by atoms with Crippen molar-refractivity contribution in [2.75, 3.05) is 13.2 Å². The van der Waals surface area contributed by atoms with Crippen molar-refractivity contribution in [3.8, 4) is 0 Å². The molecule has 2 aliphatic rings. The van der Waals surface area contributed by atoms with Crippen molar-refractivity contribution in [2.24, 2.45) is 0 Å². The van der Waals surface area contributed by atoms with E-state index in [-0.39, 0.29) is 6.04 Å². The van der Waals surface area contributed by atoms with Gasteiger partial charge in [-0.2, -0.15) is 0 Å². The van der Waals surface area contributed by atoms with E-state index in [0.717, 1.165) is 25.7 Å². The molecule has 1 saturated heterocycles. The van der Waals surface area contributed by atoms with Crippen LogP contribution in [0.3, 0.4) is 0 Å². The Balaban J connectivity index is 1.84. The number of sulfonamides is 1. The number of benzene rings is 1. The Bertz CT molecular complexity index is 562. The molecule has 1 aliphatic heterocycles. The van der Waals surface area contributed by atoms with Crippen LogP contribution in [0.1, 0.15) is 30.4 Å². The average molecular weight is 281 g/mol. The topological polar surface area (TPSA) is 55.4 Å². The van der Waals surface area contributed by atoms with E-state index in [1.165, 1.54) is 17.5 Å². The van der Waals surface area contributed by atoms with Gasteiger partial charge in [-0.3, -0.25) is 0 Å². The van der Waals surface area contributed by atoms with E-state index < -0.39 is 10.0 Å². The van der Waals surface area contributed by atoms with Crippen molar-refractivity contribution in [3.63, 3.8) is 0 Å². The lowest BCUT2D eigenvalue weighted by atomic mass is 9.92. The minimum atomic E-state index is -3.41. The normalized spacial score (nSPS) is 23.3. The maximum absolute atomic E-state index is 12.3. The number of fused-ring (bicyclic) bond motifs is 1. The monoisotopic (exact) mass is 281 g/mol. The molecule has 0 radical (unpaired) electrons. The molecule has 4 nitrogen and oxygen atoms in total. The van der Waals surface area contributed by atoms with Crippen LogP contribution < -0.4 is 4.72 Å². The molecular weight excluding hydrogens is 262 g/mol. The van der Waals surface area contributed by atoms with Gasteiger partial charge < -0.3 is 4.74 Å². The van der Waals surface area contributed by atoms with Gasteiger partial charge in [0.2, 0.25) is 10.0 Å². The first-order valence-electron chi connectivity index (χ1n) is 6.87. The molecule has 1 heterocycles. The quantitative estimate of drug-likeness (QED) is 0.916. The summed E-state index contributed by atoms with van der Waals surface area (Å²) >= 11 is 0. The van der Waals surface area contributed by atoms with Crippen molar-refractivity contribution in [1.82, 2.24) is 4.72 Å². The van der Waals surface area contributed by atoms with Gasteiger partial charge in [0, 0.05) is 12.6 Å². The number of rotatable bonds is 3. The van der Waals surface area contributed by atoms with Crippen molar-refractivity contribution >= 4 is 10.0 Å². The summed E-state index contributed by atoms with van der Waals surface area (Å²) in [6.07, 6.45) is 5.17. The fourth-order valence-electron chi connectivity index (χ4n) is 2.79. The van der Waals surface area contributed by atoms with Crippen LogP contribution in [0.5, 0.6) is 0 Å². The standard InChI is InChI=1S/C14H19NO3S/c16-19(17,15-13-7-8-18-10-13)14-6-5-11-3-1-2-4-12(11)9-14/h5-6,9,13,15H,1-4,7-8,10H2. The highest BCUT2D eigenvalue weighted by Gasteiger charge is 2.24. The minimum Gasteiger partial charge on any atom is -0.380 e. The van der Waals surface area contributed by atoms with E-state index >= 15 is 0 Å². The van der Waals surface area contributed by atoms with Crippen LogP contribution in [-0.4, -0.2) is 27.7 Å². The van der Waals surface area contributed by atoms with E-state index in [1.807, 2.05) is 12.1 Å². The third-order valence-electron chi connectivity index (χ3n) is 3.88. The summed E-state index contributed by atoms with van der Waals surface area (Å²) in [4.78, 5) is 0.389. The Morgan fingerprint density at radius 1 is 1.16 bits per heavy atom. The van der Waals surface area contributed by atoms with Gasteiger partial charge in [0.15, 0.2) is 0 Å². The van der Waals surface area contributed by atoms with Crippen LogP contribution >= 0.6 is 0 Å². The molecule has 19 heavy (non-hydrogen) atoms. The number of hydrogen-bond donors (Lipinski definition) is 1. The molecule has 0 saturated carbocycles. The molecule has 1 aromatic rings. The zero-order valence-electron chi connectivity index (χ0n) is 10.9. The predicted molar refractivity (Wildman–Crippen MR) is 72.6 cm³/mol.